The van der Waals surface area contributed by atoms with Gasteiger partial charge in [0.25, 0.3) is 0 Å². The summed E-state index contributed by atoms with van der Waals surface area (Å²) in [6.45, 7) is 7.05. The molecule has 0 N–H and O–H groups in total. The molecule has 2 nitrogen and oxygen atoms in total. The van der Waals surface area contributed by atoms with Gasteiger partial charge in [-0.25, -0.2) is 0 Å². The summed E-state index contributed by atoms with van der Waals surface area (Å²) in [6.07, 6.45) is 8.14. The second-order valence-electron chi connectivity index (χ2n) is 7.80. The SMILES string of the molecule is CCC[CH2][Sn]([CH2]CCC)([CH2]CCC)[c]1cccc2nc3ccccc3n12. The van der Waals surface area contributed by atoms with Crippen LogP contribution in [0.4, 0.5) is 0 Å². The predicted molar refractivity (Wildman–Crippen MR) is 117 cm³/mol. The fourth-order valence-electron chi connectivity index (χ4n) is 4.43. The van der Waals surface area contributed by atoms with E-state index in [2.05, 4.69) is 67.6 Å². The van der Waals surface area contributed by atoms with Crippen molar-refractivity contribution in [3.05, 3.63) is 42.5 Å². The molecule has 3 aromatic rings. The first-order valence-corrected chi connectivity index (χ1v) is 18.1. The van der Waals surface area contributed by atoms with Crippen LogP contribution in [-0.4, -0.2) is 27.8 Å². The van der Waals surface area contributed by atoms with E-state index >= 15 is 0 Å². The molecule has 0 spiro atoms. The van der Waals surface area contributed by atoms with Crippen molar-refractivity contribution in [3.63, 3.8) is 0 Å². The number of rotatable bonds is 10. The van der Waals surface area contributed by atoms with Crippen LogP contribution in [0.2, 0.25) is 13.3 Å². The summed E-state index contributed by atoms with van der Waals surface area (Å²) >= 11 is -2.49. The maximum absolute atomic E-state index is 4.93. The molecule has 2 heterocycles. The first-order valence-electron chi connectivity index (χ1n) is 10.6. The quantitative estimate of drug-likeness (QED) is 0.316. The average Bonchev–Trinajstić information content (AvgIpc) is 3.06. The van der Waals surface area contributed by atoms with Crippen molar-refractivity contribution in [2.24, 2.45) is 0 Å². The van der Waals surface area contributed by atoms with E-state index in [1.165, 1.54) is 57.4 Å². The Kier molecular flexibility index (Phi) is 7.02. The summed E-state index contributed by atoms with van der Waals surface area (Å²) < 4.78 is 8.73. The van der Waals surface area contributed by atoms with Crippen LogP contribution < -0.4 is 3.71 Å². The zero-order valence-corrected chi connectivity index (χ0v) is 19.7. The molecule has 0 saturated carbocycles. The molecule has 0 saturated heterocycles. The number of hydrogen-bond acceptors (Lipinski definition) is 1. The fourth-order valence-corrected chi connectivity index (χ4v) is 20.9. The molecule has 0 aliphatic heterocycles. The number of para-hydroxylation sites is 2. The van der Waals surface area contributed by atoms with Gasteiger partial charge >= 0.3 is 163 Å². The average molecular weight is 457 g/mol. The zero-order chi connectivity index (χ0) is 18.4. The van der Waals surface area contributed by atoms with Gasteiger partial charge in [0.15, 0.2) is 0 Å². The predicted octanol–water partition coefficient (Wildman–Crippen LogP) is 6.54. The summed E-state index contributed by atoms with van der Waals surface area (Å²) in [5, 5.41) is 0. The van der Waals surface area contributed by atoms with Crippen molar-refractivity contribution in [1.29, 1.82) is 0 Å². The molecule has 0 bridgehead atoms. The minimum atomic E-state index is -2.49. The van der Waals surface area contributed by atoms with Crippen LogP contribution in [0.1, 0.15) is 59.3 Å². The molecule has 0 fully saturated rings. The monoisotopic (exact) mass is 458 g/mol. The van der Waals surface area contributed by atoms with E-state index < -0.39 is 18.4 Å². The van der Waals surface area contributed by atoms with Gasteiger partial charge in [0, 0.05) is 0 Å². The van der Waals surface area contributed by atoms with Gasteiger partial charge in [0.2, 0.25) is 0 Å². The van der Waals surface area contributed by atoms with E-state index in [9.17, 15) is 0 Å². The van der Waals surface area contributed by atoms with Gasteiger partial charge in [-0.2, -0.15) is 0 Å². The van der Waals surface area contributed by atoms with Crippen LogP contribution >= 0.6 is 0 Å². The fraction of sp³-hybridized carbons (Fsp3) is 0.522. The normalized spacial score (nSPS) is 12.3. The van der Waals surface area contributed by atoms with Crippen LogP contribution in [0.25, 0.3) is 16.7 Å². The number of fused-ring (bicyclic) bond motifs is 3. The second kappa shape index (κ2) is 9.25. The summed E-state index contributed by atoms with van der Waals surface area (Å²) in [4.78, 5) is 4.93. The Morgan fingerprint density at radius 3 is 2.00 bits per heavy atom. The van der Waals surface area contributed by atoms with Crippen LogP contribution in [0.15, 0.2) is 42.5 Å². The van der Waals surface area contributed by atoms with Gasteiger partial charge in [0.1, 0.15) is 0 Å². The van der Waals surface area contributed by atoms with Crippen LogP contribution in [-0.2, 0) is 0 Å². The Labute approximate surface area is 162 Å². The Bertz CT molecular complexity index is 815. The van der Waals surface area contributed by atoms with Gasteiger partial charge in [-0.05, 0) is 0 Å². The number of nitrogens with zero attached hydrogens (tertiary/aromatic N) is 2. The molecule has 2 aromatic heterocycles. The summed E-state index contributed by atoms with van der Waals surface area (Å²) in [5.41, 5.74) is 3.60. The van der Waals surface area contributed by atoms with Crippen molar-refractivity contribution in [2.75, 3.05) is 0 Å². The Balaban J connectivity index is 2.20. The molecule has 0 unspecified atom stereocenters. The van der Waals surface area contributed by atoms with Crippen molar-refractivity contribution in [2.45, 2.75) is 72.6 Å². The molecule has 140 valence electrons. The van der Waals surface area contributed by atoms with E-state index in [4.69, 9.17) is 4.98 Å². The topological polar surface area (TPSA) is 17.3 Å². The number of unbranched alkanes of at least 4 members (excludes halogenated alkanes) is 3. The van der Waals surface area contributed by atoms with E-state index in [1.807, 2.05) is 0 Å². The third-order valence-electron chi connectivity index (χ3n) is 5.90. The number of hydrogen-bond donors (Lipinski definition) is 0. The number of benzene rings is 1. The van der Waals surface area contributed by atoms with Crippen molar-refractivity contribution in [3.8, 4) is 0 Å². The molecule has 3 heteroatoms. The second-order valence-corrected chi connectivity index (χ2v) is 20.8. The van der Waals surface area contributed by atoms with E-state index in [-0.39, 0.29) is 0 Å². The van der Waals surface area contributed by atoms with E-state index in [1.54, 1.807) is 3.71 Å². The van der Waals surface area contributed by atoms with Gasteiger partial charge in [-0.1, -0.05) is 0 Å². The maximum atomic E-state index is 4.93. The Morgan fingerprint density at radius 2 is 1.38 bits per heavy atom. The molecular formula is C23H34N2Sn. The number of pyridine rings is 1. The van der Waals surface area contributed by atoms with E-state index in [0.29, 0.717) is 0 Å². The van der Waals surface area contributed by atoms with E-state index in [0.717, 1.165) is 11.2 Å². The summed E-state index contributed by atoms with van der Waals surface area (Å²) in [7, 11) is 0. The van der Waals surface area contributed by atoms with Crippen LogP contribution in [0.3, 0.4) is 0 Å². The molecule has 0 atom stereocenters. The van der Waals surface area contributed by atoms with Gasteiger partial charge in [-0.15, -0.1) is 0 Å². The molecule has 26 heavy (non-hydrogen) atoms. The van der Waals surface area contributed by atoms with Gasteiger partial charge < -0.3 is 0 Å². The molecule has 3 rings (SSSR count). The third kappa shape index (κ3) is 3.95. The first kappa shape index (κ1) is 19.7. The molecule has 0 aliphatic carbocycles. The third-order valence-corrected chi connectivity index (χ3v) is 21.3. The number of imidazole rings is 1. The molecular weight excluding hydrogens is 423 g/mol. The zero-order valence-electron chi connectivity index (χ0n) is 16.8. The van der Waals surface area contributed by atoms with Gasteiger partial charge in [0.05, 0.1) is 0 Å². The van der Waals surface area contributed by atoms with Crippen LogP contribution in [0.5, 0.6) is 0 Å². The Hall–Kier alpha value is -1.03. The number of aromatic nitrogens is 2. The van der Waals surface area contributed by atoms with Crippen molar-refractivity contribution >= 4 is 38.8 Å². The minimum absolute atomic E-state index is 1.14. The summed E-state index contributed by atoms with van der Waals surface area (Å²) in [6, 6.07) is 15.6. The molecule has 0 aliphatic rings. The molecule has 1 aromatic carbocycles. The van der Waals surface area contributed by atoms with Crippen molar-refractivity contribution in [1.82, 2.24) is 9.38 Å². The molecule has 0 amide bonds. The van der Waals surface area contributed by atoms with Crippen LogP contribution in [0, 0.1) is 0 Å². The first-order chi connectivity index (χ1) is 12.8. The standard InChI is InChI=1S/C11H7N2.3C4H9.Sn/c1-2-6-10-9(5-1)12-11-7-3-4-8-13(10)11;3*1-3-4-2;/h1-7H;3*1,3-4H2,2H3;. The molecule has 0 radical (unpaired) electrons. The van der Waals surface area contributed by atoms with Gasteiger partial charge in [-0.3, -0.25) is 0 Å². The Morgan fingerprint density at radius 1 is 0.769 bits per heavy atom. The summed E-state index contributed by atoms with van der Waals surface area (Å²) in [5.74, 6) is 0. The van der Waals surface area contributed by atoms with Crippen molar-refractivity contribution < 1.29 is 0 Å².